The van der Waals surface area contributed by atoms with E-state index >= 15 is 0 Å². The van der Waals surface area contributed by atoms with E-state index in [1.807, 2.05) is 0 Å². The first-order chi connectivity index (χ1) is 12.1. The lowest BCUT2D eigenvalue weighted by Crippen LogP contribution is -2.30. The number of nitrogens with one attached hydrogen (secondary N) is 2. The Kier molecular flexibility index (Phi) is 4.91. The minimum atomic E-state index is -0.371. The van der Waals surface area contributed by atoms with Crippen LogP contribution in [0.25, 0.3) is 0 Å². The predicted molar refractivity (Wildman–Crippen MR) is 93.3 cm³/mol. The summed E-state index contributed by atoms with van der Waals surface area (Å²) in [6, 6.07) is 9.87. The van der Waals surface area contributed by atoms with Crippen LogP contribution in [0.3, 0.4) is 0 Å². The number of carbonyl (C=O) groups is 1. The number of nitrogens with zero attached hydrogens (tertiary/aromatic N) is 3. The molecule has 0 radical (unpaired) electrons. The van der Waals surface area contributed by atoms with E-state index in [2.05, 4.69) is 25.8 Å². The van der Waals surface area contributed by atoms with Gasteiger partial charge in [0, 0.05) is 16.8 Å². The van der Waals surface area contributed by atoms with Gasteiger partial charge >= 0.3 is 0 Å². The minimum absolute atomic E-state index is 0.141. The molecule has 0 aliphatic rings. The van der Waals surface area contributed by atoms with Crippen molar-refractivity contribution in [2.75, 3.05) is 11.2 Å². The lowest BCUT2D eigenvalue weighted by Gasteiger charge is -2.12. The number of carbonyl (C=O) groups excluding carboxylic acids is 1. The van der Waals surface area contributed by atoms with Crippen LogP contribution in [0.15, 0.2) is 55.1 Å². The summed E-state index contributed by atoms with van der Waals surface area (Å²) in [5, 5.41) is 0.543. The highest BCUT2D eigenvalue weighted by Crippen LogP contribution is 2.28. The zero-order valence-corrected chi connectivity index (χ0v) is 13.6. The van der Waals surface area contributed by atoms with Crippen molar-refractivity contribution >= 4 is 29.0 Å². The highest BCUT2D eigenvalue weighted by atomic mass is 35.5. The van der Waals surface area contributed by atoms with E-state index in [-0.39, 0.29) is 23.3 Å². The normalized spacial score (nSPS) is 10.1. The number of nitrogen functional groups attached to an aromatic ring is 1. The van der Waals surface area contributed by atoms with E-state index in [9.17, 15) is 4.79 Å². The molecule has 2 heterocycles. The van der Waals surface area contributed by atoms with Gasteiger partial charge < -0.3 is 10.5 Å². The molecule has 0 atom stereocenters. The number of amides is 1. The van der Waals surface area contributed by atoms with E-state index < -0.39 is 0 Å². The number of aromatic nitrogens is 3. The average Bonchev–Trinajstić information content (AvgIpc) is 2.63. The van der Waals surface area contributed by atoms with Crippen LogP contribution in [0.4, 0.5) is 11.5 Å². The van der Waals surface area contributed by atoms with Crippen LogP contribution in [-0.4, -0.2) is 20.9 Å². The smallest absolute Gasteiger partial charge is 0.269 e. The van der Waals surface area contributed by atoms with Crippen molar-refractivity contribution in [1.29, 1.82) is 0 Å². The maximum Gasteiger partial charge on any atom is 0.269 e. The second-order valence-corrected chi connectivity index (χ2v) is 5.25. The van der Waals surface area contributed by atoms with E-state index in [4.69, 9.17) is 22.1 Å². The summed E-state index contributed by atoms with van der Waals surface area (Å²) in [5.74, 6) is 0.455. The van der Waals surface area contributed by atoms with Gasteiger partial charge in [0.2, 0.25) is 5.88 Å². The summed E-state index contributed by atoms with van der Waals surface area (Å²) >= 11 is 5.79. The molecule has 0 fully saturated rings. The molecular formula is C16H13ClN6O2. The molecule has 126 valence electrons. The summed E-state index contributed by atoms with van der Waals surface area (Å²) in [4.78, 5) is 24.0. The molecule has 9 heteroatoms. The van der Waals surface area contributed by atoms with Gasteiger partial charge in [-0.3, -0.25) is 20.6 Å². The van der Waals surface area contributed by atoms with E-state index in [1.165, 1.54) is 12.5 Å². The largest absolute Gasteiger partial charge is 0.435 e. The molecule has 0 spiro atoms. The molecular weight excluding hydrogens is 344 g/mol. The third kappa shape index (κ3) is 4.12. The molecule has 4 N–H and O–H groups in total. The summed E-state index contributed by atoms with van der Waals surface area (Å²) in [7, 11) is 0. The minimum Gasteiger partial charge on any atom is -0.435 e. The van der Waals surface area contributed by atoms with Crippen molar-refractivity contribution < 1.29 is 9.53 Å². The molecule has 3 rings (SSSR count). The van der Waals surface area contributed by atoms with Crippen molar-refractivity contribution in [1.82, 2.24) is 20.4 Å². The second-order valence-electron chi connectivity index (χ2n) is 4.82. The van der Waals surface area contributed by atoms with Crippen LogP contribution in [0.5, 0.6) is 11.6 Å². The Labute approximate surface area is 148 Å². The molecule has 25 heavy (non-hydrogen) atoms. The molecule has 0 saturated carbocycles. The van der Waals surface area contributed by atoms with Crippen LogP contribution in [-0.2, 0) is 0 Å². The summed E-state index contributed by atoms with van der Waals surface area (Å²) in [6.07, 6.45) is 4.41. The third-order valence-electron chi connectivity index (χ3n) is 3.10. The van der Waals surface area contributed by atoms with Gasteiger partial charge in [0.1, 0.15) is 17.8 Å². The maximum atomic E-state index is 12.1. The number of hydrazine groups is 1. The van der Waals surface area contributed by atoms with Crippen molar-refractivity contribution in [3.8, 4) is 11.6 Å². The van der Waals surface area contributed by atoms with Gasteiger partial charge in [-0.05, 0) is 36.4 Å². The maximum absolute atomic E-state index is 12.1. The first kappa shape index (κ1) is 16.5. The third-order valence-corrected chi connectivity index (χ3v) is 3.35. The Morgan fingerprint density at radius 2 is 1.96 bits per heavy atom. The zero-order chi connectivity index (χ0) is 17.6. The summed E-state index contributed by atoms with van der Waals surface area (Å²) < 4.78 is 5.55. The standard InChI is InChI=1S/C16H13ClN6O2/c17-11-5-3-10(4-6-11)15(24)23-22-14-13(18)16(21-9-20-14)25-12-2-1-7-19-8-12/h1-9H,18H2,(H,23,24)(H,20,21,22). The summed E-state index contributed by atoms with van der Waals surface area (Å²) in [5.41, 5.74) is 11.7. The molecule has 0 unspecified atom stereocenters. The van der Waals surface area contributed by atoms with E-state index in [0.717, 1.165) is 0 Å². The van der Waals surface area contributed by atoms with Gasteiger partial charge in [-0.1, -0.05) is 11.6 Å². The predicted octanol–water partition coefficient (Wildman–Crippen LogP) is 2.66. The molecule has 1 amide bonds. The Balaban J connectivity index is 1.69. The zero-order valence-electron chi connectivity index (χ0n) is 12.8. The fourth-order valence-electron chi connectivity index (χ4n) is 1.87. The fraction of sp³-hybridized carbons (Fsp3) is 0. The molecule has 1 aromatic carbocycles. The Morgan fingerprint density at radius 3 is 2.68 bits per heavy atom. The number of pyridine rings is 1. The van der Waals surface area contributed by atoms with Crippen molar-refractivity contribution in [3.05, 3.63) is 65.7 Å². The second kappa shape index (κ2) is 7.45. The Morgan fingerprint density at radius 1 is 1.16 bits per heavy atom. The number of rotatable bonds is 5. The number of hydrogen-bond donors (Lipinski definition) is 3. The fourth-order valence-corrected chi connectivity index (χ4v) is 1.99. The SMILES string of the molecule is Nc1c(NNC(=O)c2ccc(Cl)cc2)ncnc1Oc1cccnc1. The first-order valence-electron chi connectivity index (χ1n) is 7.14. The van der Waals surface area contributed by atoms with Gasteiger partial charge in [0.05, 0.1) is 6.20 Å². The van der Waals surface area contributed by atoms with Crippen molar-refractivity contribution in [2.45, 2.75) is 0 Å². The highest BCUT2D eigenvalue weighted by molar-refractivity contribution is 6.30. The van der Waals surface area contributed by atoms with E-state index in [0.29, 0.717) is 16.3 Å². The summed E-state index contributed by atoms with van der Waals surface area (Å²) in [6.45, 7) is 0. The number of hydrogen-bond acceptors (Lipinski definition) is 7. The Bertz CT molecular complexity index is 874. The first-order valence-corrected chi connectivity index (χ1v) is 7.51. The number of ether oxygens (including phenoxy) is 1. The van der Waals surface area contributed by atoms with Crippen molar-refractivity contribution in [3.63, 3.8) is 0 Å². The number of benzene rings is 1. The lowest BCUT2D eigenvalue weighted by atomic mass is 10.2. The van der Waals surface area contributed by atoms with Crippen LogP contribution in [0.2, 0.25) is 5.02 Å². The number of anilines is 2. The van der Waals surface area contributed by atoms with Gasteiger partial charge in [0.15, 0.2) is 5.82 Å². The van der Waals surface area contributed by atoms with Crippen LogP contribution in [0, 0.1) is 0 Å². The molecule has 0 saturated heterocycles. The van der Waals surface area contributed by atoms with E-state index in [1.54, 1.807) is 42.6 Å². The van der Waals surface area contributed by atoms with Gasteiger partial charge in [0.25, 0.3) is 5.91 Å². The molecule has 0 aliphatic carbocycles. The van der Waals surface area contributed by atoms with Crippen LogP contribution < -0.4 is 21.3 Å². The highest BCUT2D eigenvalue weighted by Gasteiger charge is 2.12. The number of nitrogens with two attached hydrogens (primary N) is 1. The van der Waals surface area contributed by atoms with Gasteiger partial charge in [-0.2, -0.15) is 4.98 Å². The monoisotopic (exact) mass is 356 g/mol. The number of halogens is 1. The molecule has 0 bridgehead atoms. The van der Waals surface area contributed by atoms with Crippen molar-refractivity contribution in [2.24, 2.45) is 0 Å². The quantitative estimate of drug-likeness (QED) is 0.602. The molecule has 2 aromatic heterocycles. The molecule has 8 nitrogen and oxygen atoms in total. The topological polar surface area (TPSA) is 115 Å². The van der Waals surface area contributed by atoms with Crippen LogP contribution >= 0.6 is 11.6 Å². The Hall–Kier alpha value is -3.39. The molecule has 0 aliphatic heterocycles. The van der Waals surface area contributed by atoms with Gasteiger partial charge in [-0.15, -0.1) is 0 Å². The van der Waals surface area contributed by atoms with Crippen LogP contribution in [0.1, 0.15) is 10.4 Å². The lowest BCUT2D eigenvalue weighted by molar-refractivity contribution is 0.0962. The molecule has 3 aromatic rings. The average molecular weight is 357 g/mol. The van der Waals surface area contributed by atoms with Gasteiger partial charge in [-0.25, -0.2) is 4.98 Å².